The second kappa shape index (κ2) is 6.04. The third-order valence-corrected chi connectivity index (χ3v) is 1.69. The Kier molecular flexibility index (Phi) is 5.77. The third-order valence-electron chi connectivity index (χ3n) is 1.69. The van der Waals surface area contributed by atoms with Crippen molar-refractivity contribution in [2.24, 2.45) is 11.8 Å². The molecule has 2 heteroatoms. The Bertz CT molecular complexity index is 130. The fourth-order valence-electron chi connectivity index (χ4n) is 1.39. The number of esters is 1. The van der Waals surface area contributed by atoms with Gasteiger partial charge in [-0.15, -0.1) is 0 Å². The van der Waals surface area contributed by atoms with Crippen LogP contribution < -0.4 is 0 Å². The second-order valence-electron chi connectivity index (χ2n) is 3.74. The molecule has 12 heavy (non-hydrogen) atoms. The van der Waals surface area contributed by atoms with Crippen molar-refractivity contribution in [1.29, 1.82) is 0 Å². The molecule has 2 nitrogen and oxygen atoms in total. The van der Waals surface area contributed by atoms with Crippen molar-refractivity contribution in [1.82, 2.24) is 0 Å². The maximum atomic E-state index is 11.0. The Morgan fingerprint density at radius 2 is 1.92 bits per heavy atom. The Hall–Kier alpha value is -0.530. The van der Waals surface area contributed by atoms with Crippen LogP contribution in [0.4, 0.5) is 0 Å². The fourth-order valence-corrected chi connectivity index (χ4v) is 1.39. The van der Waals surface area contributed by atoms with Crippen LogP contribution in [0.5, 0.6) is 0 Å². The highest BCUT2D eigenvalue weighted by atomic mass is 16.5. The summed E-state index contributed by atoms with van der Waals surface area (Å²) in [7, 11) is 0. The number of rotatable bonds is 5. The van der Waals surface area contributed by atoms with E-state index in [-0.39, 0.29) is 5.97 Å². The first kappa shape index (κ1) is 11.5. The lowest BCUT2D eigenvalue weighted by molar-refractivity contribution is -0.144. The van der Waals surface area contributed by atoms with Crippen molar-refractivity contribution in [3.63, 3.8) is 0 Å². The van der Waals surface area contributed by atoms with Gasteiger partial charge in [-0.1, -0.05) is 20.8 Å². The number of ether oxygens (including phenoxy) is 1. The van der Waals surface area contributed by atoms with Gasteiger partial charge in [0.2, 0.25) is 0 Å². The highest BCUT2D eigenvalue weighted by Gasteiger charge is 2.10. The molecule has 0 aromatic rings. The van der Waals surface area contributed by atoms with Gasteiger partial charge in [-0.3, -0.25) is 4.79 Å². The van der Waals surface area contributed by atoms with E-state index < -0.39 is 0 Å². The lowest BCUT2D eigenvalue weighted by atomic mass is 9.96. The van der Waals surface area contributed by atoms with E-state index in [1.807, 2.05) is 6.92 Å². The monoisotopic (exact) mass is 172 g/mol. The molecule has 0 aromatic heterocycles. The topological polar surface area (TPSA) is 26.3 Å². The first-order valence-electron chi connectivity index (χ1n) is 4.71. The van der Waals surface area contributed by atoms with E-state index in [4.69, 9.17) is 4.74 Å². The molecule has 72 valence electrons. The second-order valence-corrected chi connectivity index (χ2v) is 3.74. The molecular formula is C10H20O2. The van der Waals surface area contributed by atoms with Crippen LogP contribution in [0.15, 0.2) is 0 Å². The summed E-state index contributed by atoms with van der Waals surface area (Å²) < 4.78 is 4.86. The van der Waals surface area contributed by atoms with E-state index >= 15 is 0 Å². The van der Waals surface area contributed by atoms with Crippen LogP contribution in [0, 0.1) is 11.8 Å². The number of carbonyl (C=O) groups excluding carboxylic acids is 1. The van der Waals surface area contributed by atoms with Crippen LogP contribution in [0.3, 0.4) is 0 Å². The molecule has 0 amide bonds. The normalized spacial score (nSPS) is 13.1. The molecule has 0 aliphatic rings. The summed E-state index contributed by atoms with van der Waals surface area (Å²) in [4.78, 5) is 11.0. The van der Waals surface area contributed by atoms with Gasteiger partial charge in [-0.25, -0.2) is 0 Å². The van der Waals surface area contributed by atoms with Crippen molar-refractivity contribution < 1.29 is 9.53 Å². The van der Waals surface area contributed by atoms with Gasteiger partial charge in [0, 0.05) is 6.42 Å². The lowest BCUT2D eigenvalue weighted by Crippen LogP contribution is -2.10. The minimum Gasteiger partial charge on any atom is -0.466 e. The smallest absolute Gasteiger partial charge is 0.306 e. The summed E-state index contributed by atoms with van der Waals surface area (Å²) in [6.07, 6.45) is 1.66. The maximum Gasteiger partial charge on any atom is 0.306 e. The van der Waals surface area contributed by atoms with Crippen LogP contribution in [0.2, 0.25) is 0 Å². The molecule has 0 bridgehead atoms. The number of hydrogen-bond acceptors (Lipinski definition) is 2. The molecule has 0 N–H and O–H groups in total. The summed E-state index contributed by atoms with van der Waals surface area (Å²) in [6, 6.07) is 0. The fraction of sp³-hybridized carbons (Fsp3) is 0.900. The van der Waals surface area contributed by atoms with Gasteiger partial charge in [-0.2, -0.15) is 0 Å². The average molecular weight is 172 g/mol. The van der Waals surface area contributed by atoms with Gasteiger partial charge in [0.1, 0.15) is 0 Å². The Labute approximate surface area is 75.3 Å². The average Bonchev–Trinajstić information content (AvgIpc) is 1.84. The summed E-state index contributed by atoms with van der Waals surface area (Å²) in [5.74, 6) is 1.05. The van der Waals surface area contributed by atoms with E-state index in [1.165, 1.54) is 0 Å². The number of carbonyl (C=O) groups is 1. The summed E-state index contributed by atoms with van der Waals surface area (Å²) in [6.45, 7) is 8.76. The van der Waals surface area contributed by atoms with Crippen LogP contribution in [0.1, 0.15) is 40.5 Å². The first-order valence-corrected chi connectivity index (χ1v) is 4.71. The minimum atomic E-state index is -0.0642. The van der Waals surface area contributed by atoms with E-state index in [1.54, 1.807) is 0 Å². The van der Waals surface area contributed by atoms with E-state index in [2.05, 4.69) is 20.8 Å². The van der Waals surface area contributed by atoms with Crippen molar-refractivity contribution in [3.05, 3.63) is 0 Å². The first-order chi connectivity index (χ1) is 5.56. The lowest BCUT2D eigenvalue weighted by Gasteiger charge is -2.12. The van der Waals surface area contributed by atoms with Gasteiger partial charge >= 0.3 is 5.97 Å². The van der Waals surface area contributed by atoms with Crippen molar-refractivity contribution >= 4 is 5.97 Å². The minimum absolute atomic E-state index is 0.0642. The van der Waals surface area contributed by atoms with Gasteiger partial charge in [0.25, 0.3) is 0 Å². The predicted octanol–water partition coefficient (Wildman–Crippen LogP) is 2.62. The number of hydrogen-bond donors (Lipinski definition) is 0. The van der Waals surface area contributed by atoms with Crippen molar-refractivity contribution in [2.75, 3.05) is 6.61 Å². The zero-order valence-corrected chi connectivity index (χ0v) is 8.59. The Morgan fingerprint density at radius 1 is 1.33 bits per heavy atom. The quantitative estimate of drug-likeness (QED) is 0.596. The van der Waals surface area contributed by atoms with Crippen LogP contribution >= 0.6 is 0 Å². The van der Waals surface area contributed by atoms with E-state index in [0.717, 1.165) is 6.42 Å². The maximum absolute atomic E-state index is 11.0. The Morgan fingerprint density at radius 3 is 2.33 bits per heavy atom. The molecule has 1 atom stereocenters. The summed E-state index contributed by atoms with van der Waals surface area (Å²) >= 11 is 0. The molecule has 0 aliphatic carbocycles. The molecule has 0 heterocycles. The van der Waals surface area contributed by atoms with Crippen molar-refractivity contribution in [3.8, 4) is 0 Å². The van der Waals surface area contributed by atoms with Crippen LogP contribution in [-0.4, -0.2) is 12.6 Å². The van der Waals surface area contributed by atoms with Gasteiger partial charge in [-0.05, 0) is 25.2 Å². The molecule has 1 unspecified atom stereocenters. The standard InChI is InChI=1S/C10H20O2/c1-5-12-10(11)7-9(4)6-8(2)3/h8-9H,5-7H2,1-4H3. The molecule has 0 rings (SSSR count). The molecule has 0 saturated heterocycles. The van der Waals surface area contributed by atoms with Gasteiger partial charge < -0.3 is 4.74 Å². The predicted molar refractivity (Wildman–Crippen MR) is 49.9 cm³/mol. The third kappa shape index (κ3) is 6.20. The molecule has 0 spiro atoms. The molecule has 0 radical (unpaired) electrons. The molecule has 0 fully saturated rings. The molecule has 0 saturated carbocycles. The van der Waals surface area contributed by atoms with Crippen LogP contribution in [0.25, 0.3) is 0 Å². The van der Waals surface area contributed by atoms with Crippen molar-refractivity contribution in [2.45, 2.75) is 40.5 Å². The van der Waals surface area contributed by atoms with Gasteiger partial charge in [0.15, 0.2) is 0 Å². The molecule has 0 aromatic carbocycles. The zero-order valence-electron chi connectivity index (χ0n) is 8.59. The highest BCUT2D eigenvalue weighted by Crippen LogP contribution is 2.14. The van der Waals surface area contributed by atoms with Gasteiger partial charge in [0.05, 0.1) is 6.61 Å². The zero-order chi connectivity index (χ0) is 9.56. The Balaban J connectivity index is 3.54. The SMILES string of the molecule is CCOC(=O)CC(C)CC(C)C. The van der Waals surface area contributed by atoms with E-state index in [0.29, 0.717) is 24.9 Å². The van der Waals surface area contributed by atoms with Crippen LogP contribution in [-0.2, 0) is 9.53 Å². The summed E-state index contributed by atoms with van der Waals surface area (Å²) in [5, 5.41) is 0. The summed E-state index contributed by atoms with van der Waals surface area (Å²) in [5.41, 5.74) is 0. The molecule has 0 aliphatic heterocycles. The van der Waals surface area contributed by atoms with E-state index in [9.17, 15) is 4.79 Å². The molecular weight excluding hydrogens is 152 g/mol. The largest absolute Gasteiger partial charge is 0.466 e. The highest BCUT2D eigenvalue weighted by molar-refractivity contribution is 5.69.